The summed E-state index contributed by atoms with van der Waals surface area (Å²) in [4.78, 5) is 3.94. The maximum Gasteiger partial charge on any atom is 0.0802 e. The highest BCUT2D eigenvalue weighted by Gasteiger charge is 2.18. The lowest BCUT2D eigenvalue weighted by Gasteiger charge is -2.27. The second kappa shape index (κ2) is 6.27. The number of halogens is 1. The first-order valence-corrected chi connectivity index (χ1v) is 8.19. The van der Waals surface area contributed by atoms with Crippen LogP contribution in [-0.2, 0) is 13.0 Å². The summed E-state index contributed by atoms with van der Waals surface area (Å²) in [5, 5.41) is 13.1. The molecule has 0 amide bonds. The van der Waals surface area contributed by atoms with Crippen LogP contribution < -0.4 is 0 Å². The van der Waals surface area contributed by atoms with Crippen molar-refractivity contribution in [3.63, 3.8) is 0 Å². The summed E-state index contributed by atoms with van der Waals surface area (Å²) in [7, 11) is 0. The van der Waals surface area contributed by atoms with Gasteiger partial charge in [0.25, 0.3) is 0 Å². The van der Waals surface area contributed by atoms with Gasteiger partial charge in [-0.1, -0.05) is 23.7 Å². The Hall–Kier alpha value is -0.870. The van der Waals surface area contributed by atoms with E-state index in [-0.39, 0.29) is 0 Å². The van der Waals surface area contributed by atoms with Crippen molar-refractivity contribution in [2.75, 3.05) is 13.1 Å². The molecular weight excluding hydrogens is 290 g/mol. The number of aliphatic hydroxyl groups is 1. The monoisotopic (exact) mass is 307 g/mol. The van der Waals surface area contributed by atoms with E-state index in [9.17, 15) is 5.11 Å². The Morgan fingerprint density at radius 3 is 3.10 bits per heavy atom. The smallest absolute Gasteiger partial charge is 0.0802 e. The van der Waals surface area contributed by atoms with E-state index >= 15 is 0 Å². The maximum absolute atomic E-state index is 10.2. The van der Waals surface area contributed by atoms with E-state index in [1.807, 2.05) is 35.6 Å². The van der Waals surface area contributed by atoms with Gasteiger partial charge in [0.15, 0.2) is 0 Å². The molecule has 0 aliphatic carbocycles. The highest BCUT2D eigenvalue weighted by atomic mass is 35.5. The van der Waals surface area contributed by atoms with E-state index in [1.54, 1.807) is 0 Å². The summed E-state index contributed by atoms with van der Waals surface area (Å²) in [6.07, 6.45) is 1.46. The average molecular weight is 308 g/mol. The fraction of sp³-hybridized carbons (Fsp3) is 0.375. The van der Waals surface area contributed by atoms with Crippen LogP contribution in [0.1, 0.15) is 28.5 Å². The van der Waals surface area contributed by atoms with Gasteiger partial charge in [-0.25, -0.2) is 0 Å². The van der Waals surface area contributed by atoms with Crippen molar-refractivity contribution in [2.45, 2.75) is 25.5 Å². The molecule has 1 aliphatic rings. The molecule has 1 aliphatic heterocycles. The number of hydrogen-bond acceptors (Lipinski definition) is 3. The van der Waals surface area contributed by atoms with Crippen molar-refractivity contribution in [3.8, 4) is 0 Å². The lowest BCUT2D eigenvalue weighted by Crippen LogP contribution is -2.31. The largest absolute Gasteiger partial charge is 0.388 e. The molecule has 0 radical (unpaired) electrons. The molecule has 1 aromatic heterocycles. The molecule has 1 aromatic carbocycles. The molecule has 4 heteroatoms. The normalized spacial score (nSPS) is 16.9. The number of benzene rings is 1. The van der Waals surface area contributed by atoms with Crippen LogP contribution in [0.25, 0.3) is 0 Å². The van der Waals surface area contributed by atoms with Crippen molar-refractivity contribution in [1.29, 1.82) is 0 Å². The molecule has 0 spiro atoms. The average Bonchev–Trinajstić information content (AvgIpc) is 2.92. The van der Waals surface area contributed by atoms with Gasteiger partial charge in [0.2, 0.25) is 0 Å². The van der Waals surface area contributed by atoms with Gasteiger partial charge in [-0.05, 0) is 47.5 Å². The van der Waals surface area contributed by atoms with Crippen LogP contribution in [0.2, 0.25) is 5.02 Å². The van der Waals surface area contributed by atoms with Crippen molar-refractivity contribution in [2.24, 2.45) is 0 Å². The number of thiophene rings is 1. The number of fused-ring (bicyclic) bond motifs is 1. The minimum absolute atomic E-state index is 0.433. The Bertz CT molecular complexity index is 583. The molecule has 0 fully saturated rings. The van der Waals surface area contributed by atoms with Gasteiger partial charge in [-0.3, -0.25) is 4.90 Å². The number of hydrogen-bond donors (Lipinski definition) is 1. The molecule has 0 bridgehead atoms. The van der Waals surface area contributed by atoms with Crippen molar-refractivity contribution < 1.29 is 5.11 Å². The van der Waals surface area contributed by atoms with Gasteiger partial charge in [-0.2, -0.15) is 0 Å². The van der Waals surface area contributed by atoms with Gasteiger partial charge >= 0.3 is 0 Å². The molecule has 1 N–H and O–H groups in total. The van der Waals surface area contributed by atoms with Crippen LogP contribution in [0, 0.1) is 0 Å². The second-order valence-electron chi connectivity index (χ2n) is 5.25. The molecule has 3 rings (SSSR count). The lowest BCUT2D eigenvalue weighted by molar-refractivity contribution is 0.138. The van der Waals surface area contributed by atoms with E-state index < -0.39 is 6.10 Å². The Kier molecular flexibility index (Phi) is 4.41. The van der Waals surface area contributed by atoms with Crippen LogP contribution in [0.3, 0.4) is 0 Å². The van der Waals surface area contributed by atoms with E-state index in [0.717, 1.165) is 38.0 Å². The second-order valence-corrected chi connectivity index (χ2v) is 6.69. The van der Waals surface area contributed by atoms with Crippen LogP contribution in [0.4, 0.5) is 0 Å². The number of rotatable bonds is 4. The van der Waals surface area contributed by atoms with Gasteiger partial charge in [-0.15, -0.1) is 11.3 Å². The van der Waals surface area contributed by atoms with Crippen molar-refractivity contribution >= 4 is 22.9 Å². The van der Waals surface area contributed by atoms with Crippen LogP contribution in [0.15, 0.2) is 35.7 Å². The minimum atomic E-state index is -0.433. The summed E-state index contributed by atoms with van der Waals surface area (Å²) in [6, 6.07) is 9.72. The fourth-order valence-electron chi connectivity index (χ4n) is 2.68. The van der Waals surface area contributed by atoms with Crippen LogP contribution in [0.5, 0.6) is 0 Å². The van der Waals surface area contributed by atoms with Crippen LogP contribution in [-0.4, -0.2) is 23.1 Å². The lowest BCUT2D eigenvalue weighted by atomic mass is 10.1. The quantitative estimate of drug-likeness (QED) is 0.926. The molecule has 0 saturated heterocycles. The molecule has 2 nitrogen and oxygen atoms in total. The zero-order valence-corrected chi connectivity index (χ0v) is 12.8. The third-order valence-corrected chi connectivity index (χ3v) is 5.10. The Morgan fingerprint density at radius 2 is 2.25 bits per heavy atom. The SMILES string of the molecule is OC(CCN1CCc2sccc2C1)c1cccc(Cl)c1. The van der Waals surface area contributed by atoms with Gasteiger partial charge in [0.05, 0.1) is 6.10 Å². The number of aliphatic hydroxyl groups excluding tert-OH is 1. The highest BCUT2D eigenvalue weighted by Crippen LogP contribution is 2.25. The summed E-state index contributed by atoms with van der Waals surface area (Å²) >= 11 is 7.82. The molecule has 2 heterocycles. The first-order chi connectivity index (χ1) is 9.72. The molecule has 1 atom stereocenters. The Labute approximate surface area is 128 Å². The maximum atomic E-state index is 10.2. The van der Waals surface area contributed by atoms with Gasteiger partial charge in [0.1, 0.15) is 0 Å². The third kappa shape index (κ3) is 3.23. The summed E-state index contributed by atoms with van der Waals surface area (Å²) in [6.45, 7) is 3.03. The summed E-state index contributed by atoms with van der Waals surface area (Å²) < 4.78 is 0. The molecular formula is C16H18ClNOS. The van der Waals surface area contributed by atoms with Crippen molar-refractivity contribution in [3.05, 3.63) is 56.7 Å². The Morgan fingerprint density at radius 1 is 1.35 bits per heavy atom. The number of nitrogens with zero attached hydrogens (tertiary/aromatic N) is 1. The molecule has 20 heavy (non-hydrogen) atoms. The zero-order chi connectivity index (χ0) is 13.9. The Balaban J connectivity index is 1.55. The van der Waals surface area contributed by atoms with E-state index in [4.69, 9.17) is 11.6 Å². The van der Waals surface area contributed by atoms with E-state index in [0.29, 0.717) is 5.02 Å². The molecule has 106 valence electrons. The predicted octanol–water partition coefficient (Wildman–Crippen LogP) is 3.88. The first kappa shape index (κ1) is 14.1. The molecule has 0 saturated carbocycles. The highest BCUT2D eigenvalue weighted by molar-refractivity contribution is 7.10. The van der Waals surface area contributed by atoms with E-state index in [1.165, 1.54) is 10.4 Å². The van der Waals surface area contributed by atoms with Gasteiger partial charge < -0.3 is 5.11 Å². The first-order valence-electron chi connectivity index (χ1n) is 6.93. The van der Waals surface area contributed by atoms with Gasteiger partial charge in [0, 0.05) is 29.5 Å². The zero-order valence-electron chi connectivity index (χ0n) is 11.3. The summed E-state index contributed by atoms with van der Waals surface area (Å²) in [5.41, 5.74) is 2.37. The van der Waals surface area contributed by atoms with Crippen LogP contribution >= 0.6 is 22.9 Å². The fourth-order valence-corrected chi connectivity index (χ4v) is 3.77. The topological polar surface area (TPSA) is 23.5 Å². The van der Waals surface area contributed by atoms with Crippen molar-refractivity contribution in [1.82, 2.24) is 4.90 Å². The third-order valence-electron chi connectivity index (χ3n) is 3.84. The van der Waals surface area contributed by atoms with E-state index in [2.05, 4.69) is 16.3 Å². The molecule has 1 unspecified atom stereocenters. The molecule has 2 aromatic rings. The summed E-state index contributed by atoms with van der Waals surface area (Å²) in [5.74, 6) is 0. The minimum Gasteiger partial charge on any atom is -0.388 e. The standard InChI is InChI=1S/C16H18ClNOS/c17-14-3-1-2-12(10-14)15(19)4-7-18-8-5-16-13(11-18)6-9-20-16/h1-3,6,9-10,15,19H,4-5,7-8,11H2. The predicted molar refractivity (Wildman–Crippen MR) is 84.3 cm³/mol.